The maximum atomic E-state index is 14.1. The second-order valence-corrected chi connectivity index (χ2v) is 12.3. The Bertz CT molecular complexity index is 1940. The molecule has 0 amide bonds. The number of carbonyl (C=O) groups excluding carboxylic acids is 1. The summed E-state index contributed by atoms with van der Waals surface area (Å²) < 4.78 is 14.8. The second kappa shape index (κ2) is 12.4. The quantitative estimate of drug-likeness (QED) is 0.183. The number of nitrogens with zero attached hydrogens (tertiary/aromatic N) is 2. The summed E-state index contributed by atoms with van der Waals surface area (Å²) in [6.07, 6.45) is 1.84. The number of rotatable bonds is 8. The molecule has 1 aliphatic rings. The van der Waals surface area contributed by atoms with Gasteiger partial charge in [0.15, 0.2) is 4.80 Å². The molecule has 0 bridgehead atoms. The predicted molar refractivity (Wildman–Crippen MR) is 170 cm³/mol. The van der Waals surface area contributed by atoms with E-state index < -0.39 is 12.0 Å². The predicted octanol–water partition coefficient (Wildman–Crippen LogP) is 6.34. The van der Waals surface area contributed by atoms with Gasteiger partial charge in [-0.25, -0.2) is 9.79 Å². The highest BCUT2D eigenvalue weighted by Crippen LogP contribution is 2.36. The number of ether oxygens (including phenoxy) is 2. The van der Waals surface area contributed by atoms with Crippen molar-refractivity contribution in [2.75, 3.05) is 6.61 Å². The number of aromatic nitrogens is 1. The zero-order chi connectivity index (χ0) is 29.1. The van der Waals surface area contributed by atoms with E-state index in [1.165, 1.54) is 22.7 Å². The number of hydrogen-bond donors (Lipinski definition) is 0. The Morgan fingerprint density at radius 1 is 1.00 bits per heavy atom. The van der Waals surface area contributed by atoms with Crippen LogP contribution in [0.4, 0.5) is 0 Å². The Labute approximate surface area is 258 Å². The van der Waals surface area contributed by atoms with E-state index in [0.29, 0.717) is 33.0 Å². The van der Waals surface area contributed by atoms with Gasteiger partial charge in [0.25, 0.3) is 5.56 Å². The molecule has 0 saturated carbocycles. The molecule has 0 saturated heterocycles. The molecule has 0 unspecified atom stereocenters. The largest absolute Gasteiger partial charge is 0.488 e. The van der Waals surface area contributed by atoms with Gasteiger partial charge in [-0.15, -0.1) is 11.3 Å². The second-order valence-electron chi connectivity index (χ2n) is 9.40. The fourth-order valence-corrected chi connectivity index (χ4v) is 6.85. The molecule has 0 aliphatic carbocycles. The topological polar surface area (TPSA) is 69.9 Å². The first kappa shape index (κ1) is 28.1. The first-order chi connectivity index (χ1) is 20.5. The molecule has 1 atom stereocenters. The molecule has 3 heterocycles. The maximum Gasteiger partial charge on any atom is 0.338 e. The highest BCUT2D eigenvalue weighted by molar-refractivity contribution is 9.10. The molecule has 5 aromatic rings. The smallest absolute Gasteiger partial charge is 0.338 e. The fraction of sp³-hybridized carbons (Fsp3) is 0.121. The van der Waals surface area contributed by atoms with Crippen LogP contribution >= 0.6 is 38.6 Å². The van der Waals surface area contributed by atoms with Crippen LogP contribution in [0.15, 0.2) is 116 Å². The minimum Gasteiger partial charge on any atom is -0.488 e. The molecule has 0 radical (unpaired) electrons. The third-order valence-corrected chi connectivity index (χ3v) is 9.14. The molecule has 6 rings (SSSR count). The van der Waals surface area contributed by atoms with Crippen molar-refractivity contribution in [3.8, 4) is 5.75 Å². The first-order valence-electron chi connectivity index (χ1n) is 13.3. The lowest BCUT2D eigenvalue weighted by Gasteiger charge is -2.24. The van der Waals surface area contributed by atoms with Crippen molar-refractivity contribution in [3.05, 3.63) is 148 Å². The zero-order valence-corrected chi connectivity index (χ0v) is 25.7. The maximum absolute atomic E-state index is 14.1. The Morgan fingerprint density at radius 3 is 2.50 bits per heavy atom. The van der Waals surface area contributed by atoms with E-state index in [2.05, 4.69) is 15.9 Å². The van der Waals surface area contributed by atoms with Crippen LogP contribution in [0.2, 0.25) is 0 Å². The first-order valence-corrected chi connectivity index (χ1v) is 15.8. The molecule has 1 aliphatic heterocycles. The van der Waals surface area contributed by atoms with Crippen molar-refractivity contribution in [2.45, 2.75) is 19.6 Å². The van der Waals surface area contributed by atoms with Crippen LogP contribution in [-0.4, -0.2) is 17.1 Å². The van der Waals surface area contributed by atoms with Crippen LogP contribution < -0.4 is 19.6 Å². The van der Waals surface area contributed by atoms with Crippen LogP contribution in [0.1, 0.15) is 34.5 Å². The lowest BCUT2D eigenvalue weighted by atomic mass is 9.97. The average Bonchev–Trinajstić information content (AvgIpc) is 3.65. The summed E-state index contributed by atoms with van der Waals surface area (Å²) in [6.45, 7) is 2.37. The summed E-state index contributed by atoms with van der Waals surface area (Å²) in [5.74, 6) is 0.178. The molecule has 3 aromatic carbocycles. The van der Waals surface area contributed by atoms with Gasteiger partial charge in [0.1, 0.15) is 18.4 Å². The van der Waals surface area contributed by atoms with E-state index >= 15 is 0 Å². The van der Waals surface area contributed by atoms with Gasteiger partial charge in [0.2, 0.25) is 0 Å². The van der Waals surface area contributed by atoms with Gasteiger partial charge in [-0.05, 0) is 48.2 Å². The van der Waals surface area contributed by atoms with Gasteiger partial charge in [0, 0.05) is 20.5 Å². The average molecular weight is 658 g/mol. The van der Waals surface area contributed by atoms with Gasteiger partial charge in [0.05, 0.1) is 22.4 Å². The third kappa shape index (κ3) is 5.68. The molecular weight excluding hydrogens is 632 g/mol. The summed E-state index contributed by atoms with van der Waals surface area (Å²) in [7, 11) is 0. The van der Waals surface area contributed by atoms with Gasteiger partial charge < -0.3 is 9.47 Å². The highest BCUT2D eigenvalue weighted by Gasteiger charge is 2.35. The van der Waals surface area contributed by atoms with E-state index in [1.54, 1.807) is 11.5 Å². The normalized spacial score (nSPS) is 14.8. The van der Waals surface area contributed by atoms with Crippen molar-refractivity contribution >= 4 is 56.3 Å². The molecule has 6 nitrogen and oxygen atoms in total. The van der Waals surface area contributed by atoms with Gasteiger partial charge >= 0.3 is 5.97 Å². The minimum atomic E-state index is -0.665. The van der Waals surface area contributed by atoms with Crippen LogP contribution in [-0.2, 0) is 16.1 Å². The summed E-state index contributed by atoms with van der Waals surface area (Å²) in [6, 6.07) is 28.3. The van der Waals surface area contributed by atoms with Crippen LogP contribution in [0.25, 0.3) is 11.8 Å². The van der Waals surface area contributed by atoms with E-state index in [-0.39, 0.29) is 12.2 Å². The fourth-order valence-electron chi connectivity index (χ4n) is 4.77. The lowest BCUT2D eigenvalue weighted by molar-refractivity contribution is -0.138. The van der Waals surface area contributed by atoms with E-state index in [4.69, 9.17) is 14.5 Å². The SMILES string of the molecule is CCOC(=O)C1=C(c2ccccc2)N=c2s/c(=C\c3ccccc3OCc3ccc(Br)cc3)c(=O)n2[C@@H]1c1cccs1. The molecule has 9 heteroatoms. The van der Waals surface area contributed by atoms with Gasteiger partial charge in [-0.1, -0.05) is 94.0 Å². The molecule has 2 aromatic heterocycles. The number of benzene rings is 3. The standard InChI is InChI=1S/C33H25BrN2O4S2/c1-2-39-32(38)28-29(22-9-4-3-5-10-22)35-33-36(30(28)26-13-8-18-41-26)31(37)27(42-33)19-23-11-6-7-12-25(23)40-20-21-14-16-24(34)17-15-21/h3-19,30H,2,20H2,1H3/b27-19-/t30-/m1/s1. The molecule has 0 spiro atoms. The Kier molecular flexibility index (Phi) is 8.32. The van der Waals surface area contributed by atoms with E-state index in [1.807, 2.05) is 102 Å². The third-order valence-electron chi connectivity index (χ3n) is 6.70. The summed E-state index contributed by atoms with van der Waals surface area (Å²) in [5, 5.41) is 1.94. The molecular formula is C33H25BrN2O4S2. The number of para-hydroxylation sites is 1. The number of carbonyl (C=O) groups is 1. The summed E-state index contributed by atoms with van der Waals surface area (Å²) in [5.41, 5.74) is 3.23. The van der Waals surface area contributed by atoms with E-state index in [0.717, 1.165) is 26.0 Å². The number of esters is 1. The number of fused-ring (bicyclic) bond motifs is 1. The van der Waals surface area contributed by atoms with Crippen molar-refractivity contribution in [1.29, 1.82) is 0 Å². The minimum absolute atomic E-state index is 0.211. The Morgan fingerprint density at radius 2 is 1.76 bits per heavy atom. The molecule has 210 valence electrons. The Hall–Kier alpha value is -4.05. The van der Waals surface area contributed by atoms with Crippen LogP contribution in [0, 0.1) is 0 Å². The molecule has 0 fully saturated rings. The number of hydrogen-bond acceptors (Lipinski definition) is 7. The van der Waals surface area contributed by atoms with Gasteiger partial charge in [-0.2, -0.15) is 0 Å². The van der Waals surface area contributed by atoms with Crippen LogP contribution in [0.5, 0.6) is 5.75 Å². The zero-order valence-electron chi connectivity index (χ0n) is 22.5. The van der Waals surface area contributed by atoms with Gasteiger partial charge in [-0.3, -0.25) is 9.36 Å². The Balaban J connectivity index is 1.49. The molecule has 42 heavy (non-hydrogen) atoms. The molecule has 0 N–H and O–H groups in total. The van der Waals surface area contributed by atoms with Crippen LogP contribution in [0.3, 0.4) is 0 Å². The number of halogens is 1. The van der Waals surface area contributed by atoms with Crippen molar-refractivity contribution < 1.29 is 14.3 Å². The summed E-state index contributed by atoms with van der Waals surface area (Å²) in [4.78, 5) is 33.8. The highest BCUT2D eigenvalue weighted by atomic mass is 79.9. The van der Waals surface area contributed by atoms with Crippen molar-refractivity contribution in [3.63, 3.8) is 0 Å². The van der Waals surface area contributed by atoms with Crippen molar-refractivity contribution in [1.82, 2.24) is 4.57 Å². The monoisotopic (exact) mass is 656 g/mol. The number of thiazole rings is 1. The number of thiophene rings is 1. The van der Waals surface area contributed by atoms with E-state index in [9.17, 15) is 9.59 Å². The lowest BCUT2D eigenvalue weighted by Crippen LogP contribution is -2.39. The summed E-state index contributed by atoms with van der Waals surface area (Å²) >= 11 is 6.24. The van der Waals surface area contributed by atoms with Crippen molar-refractivity contribution in [2.24, 2.45) is 4.99 Å².